The molecule has 0 amide bonds. The summed E-state index contributed by atoms with van der Waals surface area (Å²) in [7, 11) is 0. The molecule has 0 spiro atoms. The van der Waals surface area contributed by atoms with Crippen LogP contribution in [-0.2, 0) is 23.9 Å². The molecule has 0 aromatic rings. The third-order valence-electron chi connectivity index (χ3n) is 4.67. The van der Waals surface area contributed by atoms with E-state index in [1.165, 1.54) is 38.5 Å². The van der Waals surface area contributed by atoms with Gasteiger partial charge in [-0.25, -0.2) is 0 Å². The van der Waals surface area contributed by atoms with Crippen LogP contribution >= 0.6 is 0 Å². The predicted molar refractivity (Wildman–Crippen MR) is 125 cm³/mol. The van der Waals surface area contributed by atoms with Crippen molar-refractivity contribution in [3.63, 3.8) is 0 Å². The molecule has 2 N–H and O–H groups in total. The number of nitrogens with two attached hydrogens (primary N) is 1. The van der Waals surface area contributed by atoms with Gasteiger partial charge in [0.2, 0.25) is 0 Å². The molecule has 0 saturated heterocycles. The molecule has 1 unspecified atom stereocenters. The molecule has 8 heteroatoms. The molecule has 168 valence electrons. The summed E-state index contributed by atoms with van der Waals surface area (Å²) in [5.74, 6) is -1.64. The Hall–Kier alpha value is 0.570. The Labute approximate surface area is 227 Å². The zero-order chi connectivity index (χ0) is 21.0. The first-order valence-electron chi connectivity index (χ1n) is 11.2. The number of esters is 3. The second kappa shape index (κ2) is 25.8. The molecule has 1 atom stereocenters. The van der Waals surface area contributed by atoms with E-state index in [4.69, 9.17) is 15.2 Å². The number of rotatable bonds is 18. The van der Waals surface area contributed by atoms with Crippen LogP contribution in [0.2, 0.25) is 0 Å². The van der Waals surface area contributed by atoms with Gasteiger partial charge in [-0.3, -0.25) is 14.4 Å². The molecule has 0 fully saturated rings. The van der Waals surface area contributed by atoms with Gasteiger partial charge < -0.3 is 15.2 Å². The summed E-state index contributed by atoms with van der Waals surface area (Å²) in [6.45, 7) is 4.62. The first-order valence-corrected chi connectivity index (χ1v) is 11.2. The fourth-order valence-electron chi connectivity index (χ4n) is 2.83. The summed E-state index contributed by atoms with van der Waals surface area (Å²) in [4.78, 5) is 35.0. The van der Waals surface area contributed by atoms with E-state index >= 15 is 0 Å². The van der Waals surface area contributed by atoms with E-state index in [9.17, 15) is 14.4 Å². The molecule has 0 aliphatic carbocycles. The number of ether oxygens (including phenoxy) is 2. The Kier molecular flexibility index (Phi) is 30.3. The molecule has 0 aliphatic rings. The minimum atomic E-state index is -0.860. The molecule has 0 aromatic carbocycles. The van der Waals surface area contributed by atoms with Gasteiger partial charge in [-0.05, 0) is 19.3 Å². The first kappa shape index (κ1) is 35.2. The van der Waals surface area contributed by atoms with Crippen molar-refractivity contribution in [3.8, 4) is 0 Å². The van der Waals surface area contributed by atoms with Crippen molar-refractivity contribution >= 4 is 77.0 Å². The summed E-state index contributed by atoms with van der Waals surface area (Å²) in [5.41, 5.74) is 5.71. The summed E-state index contributed by atoms with van der Waals surface area (Å²) in [5, 5.41) is 0. The summed E-state index contributed by atoms with van der Waals surface area (Å²) in [6.07, 6.45) is 13.6. The van der Waals surface area contributed by atoms with Crippen LogP contribution in [0, 0.1) is 0 Å². The van der Waals surface area contributed by atoms with E-state index in [-0.39, 0.29) is 78.4 Å². The average Bonchev–Trinajstić information content (AvgIpc) is 2.67. The molecule has 0 bridgehead atoms. The van der Waals surface area contributed by atoms with Crippen LogP contribution in [-0.4, -0.2) is 89.7 Å². The van der Waals surface area contributed by atoms with E-state index < -0.39 is 23.9 Å². The van der Waals surface area contributed by atoms with Gasteiger partial charge in [0.15, 0.2) is 0 Å². The van der Waals surface area contributed by atoms with Gasteiger partial charge in [0.05, 0.1) is 6.61 Å². The normalized spacial score (nSPS) is 11.0. The molecule has 0 rings (SSSR count). The number of carbonyl (C=O) groups is 3. The summed E-state index contributed by atoms with van der Waals surface area (Å²) in [6, 6.07) is -0.860. The second-order valence-corrected chi connectivity index (χ2v) is 7.44. The molecule has 30 heavy (non-hydrogen) atoms. The van der Waals surface area contributed by atoms with Gasteiger partial charge >= 0.3 is 77.0 Å². The van der Waals surface area contributed by atoms with E-state index in [0.29, 0.717) is 6.61 Å². The van der Waals surface area contributed by atoms with Crippen molar-refractivity contribution in [3.05, 3.63) is 0 Å². The molecule has 0 saturated carbocycles. The van der Waals surface area contributed by atoms with Gasteiger partial charge in [0.1, 0.15) is 6.04 Å². The number of unbranched alkanes of at least 4 members (excludes halogenated alkanes) is 10. The van der Waals surface area contributed by atoms with Crippen LogP contribution < -0.4 is 5.73 Å². The number of hydrogen-bond acceptors (Lipinski definition) is 6. The van der Waals surface area contributed by atoms with Crippen molar-refractivity contribution in [1.82, 2.24) is 0 Å². The van der Waals surface area contributed by atoms with E-state index in [1.54, 1.807) is 0 Å². The Balaban J connectivity index is -0.00000364. The Morgan fingerprint density at radius 2 is 1.17 bits per heavy atom. The fourth-order valence-corrected chi connectivity index (χ4v) is 2.83. The fraction of sp³-hybridized carbons (Fsp3) is 0.864. The first-order chi connectivity index (χ1) is 13.5. The maximum atomic E-state index is 11.7. The van der Waals surface area contributed by atoms with Crippen molar-refractivity contribution in [2.45, 2.75) is 116 Å². The van der Waals surface area contributed by atoms with E-state index in [1.807, 2.05) is 0 Å². The van der Waals surface area contributed by atoms with Crippen LogP contribution in [0.25, 0.3) is 0 Å². The zero-order valence-corrected chi connectivity index (χ0v) is 18.0. The van der Waals surface area contributed by atoms with Gasteiger partial charge in [-0.2, -0.15) is 0 Å². The second-order valence-electron chi connectivity index (χ2n) is 7.44. The van der Waals surface area contributed by atoms with Gasteiger partial charge in [-0.1, -0.05) is 78.1 Å². The molecule has 0 aliphatic heterocycles. The Morgan fingerprint density at radius 3 is 1.73 bits per heavy atom. The Bertz CT molecular complexity index is 436. The zero-order valence-electron chi connectivity index (χ0n) is 18.0. The van der Waals surface area contributed by atoms with Crippen molar-refractivity contribution in [1.29, 1.82) is 0 Å². The molecular formula is C22H43NNa2O5. The third-order valence-corrected chi connectivity index (χ3v) is 4.67. The number of hydrogen-bond donors (Lipinski definition) is 1. The summed E-state index contributed by atoms with van der Waals surface area (Å²) < 4.78 is 9.83. The van der Waals surface area contributed by atoms with Gasteiger partial charge in [0.25, 0.3) is 0 Å². The van der Waals surface area contributed by atoms with Crippen molar-refractivity contribution < 1.29 is 23.9 Å². The van der Waals surface area contributed by atoms with Crippen LogP contribution in [0.5, 0.6) is 0 Å². The molecule has 6 nitrogen and oxygen atoms in total. The Morgan fingerprint density at radius 1 is 0.700 bits per heavy atom. The van der Waals surface area contributed by atoms with Crippen LogP contribution in [0.15, 0.2) is 0 Å². The minimum absolute atomic E-state index is 0. The monoisotopic (exact) mass is 447 g/mol. The molecular weight excluding hydrogens is 404 g/mol. The number of carbonyl (C=O) groups excluding carboxylic acids is 3. The topological polar surface area (TPSA) is 95.7 Å². The van der Waals surface area contributed by atoms with E-state index in [0.717, 1.165) is 38.5 Å². The standard InChI is InChI=1S/C22H41NO5.2Na.2H/c1-3-5-7-8-9-10-11-12-13-15-20(24)28-21(25)17-16-19(23)22(26)27-18-14-6-4-2;;;;/h19H,3-18,23H2,1-2H3;;;;. The van der Waals surface area contributed by atoms with Gasteiger partial charge in [0, 0.05) is 12.8 Å². The predicted octanol–water partition coefficient (Wildman–Crippen LogP) is 3.52. The van der Waals surface area contributed by atoms with Crippen LogP contribution in [0.1, 0.15) is 110 Å². The average molecular weight is 448 g/mol. The third kappa shape index (κ3) is 23.2. The van der Waals surface area contributed by atoms with Gasteiger partial charge in [-0.15, -0.1) is 0 Å². The summed E-state index contributed by atoms with van der Waals surface area (Å²) >= 11 is 0. The SMILES string of the molecule is CCCCCCCCCCCC(=O)OC(=O)CCC(N)C(=O)OCCCCC.[NaH].[NaH]. The van der Waals surface area contributed by atoms with Crippen LogP contribution in [0.3, 0.4) is 0 Å². The molecule has 0 radical (unpaired) electrons. The maximum absolute atomic E-state index is 11.7. The molecule has 0 heterocycles. The van der Waals surface area contributed by atoms with Crippen LogP contribution in [0.4, 0.5) is 0 Å². The molecule has 0 aromatic heterocycles. The quantitative estimate of drug-likeness (QED) is 0.149. The van der Waals surface area contributed by atoms with Crippen molar-refractivity contribution in [2.24, 2.45) is 5.73 Å². The van der Waals surface area contributed by atoms with E-state index in [2.05, 4.69) is 13.8 Å². The van der Waals surface area contributed by atoms with Crippen molar-refractivity contribution in [2.75, 3.05) is 6.61 Å².